The second kappa shape index (κ2) is 7.74. The first-order valence-corrected chi connectivity index (χ1v) is 6.76. The molecule has 104 valence electrons. The van der Waals surface area contributed by atoms with E-state index in [0.29, 0.717) is 18.9 Å². The van der Waals surface area contributed by atoms with E-state index in [2.05, 4.69) is 31.3 Å². The van der Waals surface area contributed by atoms with Crippen LogP contribution in [0.15, 0.2) is 30.3 Å². The smallest absolute Gasteiger partial charge is 0.244 e. The van der Waals surface area contributed by atoms with E-state index < -0.39 is 6.10 Å². The number of carbonyl (C=O) groups excluding carboxylic acids is 1. The van der Waals surface area contributed by atoms with Crippen LogP contribution in [0.2, 0.25) is 0 Å². The first-order valence-electron chi connectivity index (χ1n) is 6.76. The van der Waals surface area contributed by atoms with Crippen LogP contribution >= 0.6 is 0 Å². The topological polar surface area (TPSA) is 49.3 Å². The highest BCUT2D eigenvalue weighted by atomic mass is 16.3. The molecule has 3 nitrogen and oxygen atoms in total. The molecule has 0 heterocycles. The van der Waals surface area contributed by atoms with Crippen LogP contribution in [-0.2, 0) is 4.79 Å². The summed E-state index contributed by atoms with van der Waals surface area (Å²) in [4.78, 5) is 11.5. The van der Waals surface area contributed by atoms with Gasteiger partial charge in [-0.15, -0.1) is 0 Å². The summed E-state index contributed by atoms with van der Waals surface area (Å²) in [6.45, 7) is 6.48. The van der Waals surface area contributed by atoms with Crippen LogP contribution in [0.5, 0.6) is 0 Å². The van der Waals surface area contributed by atoms with Crippen molar-refractivity contribution in [1.82, 2.24) is 5.32 Å². The van der Waals surface area contributed by atoms with Gasteiger partial charge in [0.05, 0.1) is 6.10 Å². The minimum Gasteiger partial charge on any atom is -0.391 e. The van der Waals surface area contributed by atoms with Crippen LogP contribution in [0.3, 0.4) is 0 Å². The van der Waals surface area contributed by atoms with E-state index >= 15 is 0 Å². The van der Waals surface area contributed by atoms with Crippen molar-refractivity contribution in [2.75, 3.05) is 6.54 Å². The van der Waals surface area contributed by atoms with E-state index in [9.17, 15) is 9.90 Å². The van der Waals surface area contributed by atoms with Gasteiger partial charge in [0.15, 0.2) is 0 Å². The average Bonchev–Trinajstić information content (AvgIpc) is 2.42. The second-order valence-electron chi connectivity index (χ2n) is 4.96. The third kappa shape index (κ3) is 5.71. The van der Waals surface area contributed by atoms with E-state index in [1.807, 2.05) is 19.1 Å². The van der Waals surface area contributed by atoms with Crippen molar-refractivity contribution in [2.24, 2.45) is 0 Å². The molecule has 2 N–H and O–H groups in total. The van der Waals surface area contributed by atoms with Gasteiger partial charge < -0.3 is 10.4 Å². The Morgan fingerprint density at radius 3 is 2.47 bits per heavy atom. The van der Waals surface area contributed by atoms with Crippen molar-refractivity contribution in [3.8, 4) is 0 Å². The van der Waals surface area contributed by atoms with Crippen molar-refractivity contribution in [3.05, 3.63) is 41.5 Å². The predicted molar refractivity (Wildman–Crippen MR) is 78.9 cm³/mol. The molecule has 1 amide bonds. The molecular weight excluding hydrogens is 238 g/mol. The molecule has 0 aliphatic carbocycles. The molecular formula is C16H23NO2. The molecule has 3 heteroatoms. The van der Waals surface area contributed by atoms with Gasteiger partial charge in [-0.3, -0.25) is 4.79 Å². The molecule has 0 fully saturated rings. The van der Waals surface area contributed by atoms with Gasteiger partial charge in [-0.25, -0.2) is 0 Å². The van der Waals surface area contributed by atoms with Crippen molar-refractivity contribution in [2.45, 2.75) is 39.2 Å². The van der Waals surface area contributed by atoms with Gasteiger partial charge in [0.25, 0.3) is 0 Å². The summed E-state index contributed by atoms with van der Waals surface area (Å²) in [7, 11) is 0. The second-order valence-corrected chi connectivity index (χ2v) is 4.96. The van der Waals surface area contributed by atoms with Crippen LogP contribution in [0.4, 0.5) is 0 Å². The molecule has 1 rings (SSSR count). The molecule has 1 atom stereocenters. The molecule has 1 aromatic rings. The summed E-state index contributed by atoms with van der Waals surface area (Å²) in [5.41, 5.74) is 2.28. The maximum absolute atomic E-state index is 11.5. The lowest BCUT2D eigenvalue weighted by Gasteiger charge is -2.07. The SMILES string of the molecule is CCC(O)CNC(=O)/C=C/c1ccc(C(C)C)cc1. The number of nitrogens with one attached hydrogen (secondary N) is 1. The Kier molecular flexibility index (Phi) is 6.30. The lowest BCUT2D eigenvalue weighted by atomic mass is 10.0. The van der Waals surface area contributed by atoms with E-state index in [4.69, 9.17) is 0 Å². The monoisotopic (exact) mass is 261 g/mol. The molecule has 0 saturated carbocycles. The standard InChI is InChI=1S/C16H23NO2/c1-4-15(18)11-17-16(19)10-7-13-5-8-14(9-6-13)12(2)3/h5-10,12,15,18H,4,11H2,1-3H3,(H,17,19)/b10-7+. The Morgan fingerprint density at radius 1 is 1.32 bits per heavy atom. The Hall–Kier alpha value is -1.61. The molecule has 0 spiro atoms. The number of rotatable bonds is 6. The summed E-state index contributed by atoms with van der Waals surface area (Å²) in [5, 5.41) is 12.0. The fraction of sp³-hybridized carbons (Fsp3) is 0.438. The number of aliphatic hydroxyl groups excluding tert-OH is 1. The van der Waals surface area contributed by atoms with Gasteiger partial charge in [0.2, 0.25) is 5.91 Å². The van der Waals surface area contributed by atoms with Crippen molar-refractivity contribution < 1.29 is 9.90 Å². The summed E-state index contributed by atoms with van der Waals surface area (Å²) >= 11 is 0. The van der Waals surface area contributed by atoms with Crippen LogP contribution in [0.25, 0.3) is 6.08 Å². The first kappa shape index (κ1) is 15.4. The Labute approximate surface area is 115 Å². The summed E-state index contributed by atoms with van der Waals surface area (Å²) in [5.74, 6) is 0.331. The van der Waals surface area contributed by atoms with Gasteiger partial charge in [-0.2, -0.15) is 0 Å². The normalized spacial score (nSPS) is 12.9. The van der Waals surface area contributed by atoms with Gasteiger partial charge in [-0.1, -0.05) is 45.0 Å². The maximum atomic E-state index is 11.5. The molecule has 19 heavy (non-hydrogen) atoms. The highest BCUT2D eigenvalue weighted by Gasteiger charge is 2.02. The van der Waals surface area contributed by atoms with Crippen LogP contribution in [0, 0.1) is 0 Å². The number of carbonyl (C=O) groups is 1. The molecule has 0 bridgehead atoms. The molecule has 1 unspecified atom stereocenters. The zero-order valence-corrected chi connectivity index (χ0v) is 11.9. The molecule has 0 radical (unpaired) electrons. The fourth-order valence-corrected chi connectivity index (χ4v) is 1.59. The zero-order valence-electron chi connectivity index (χ0n) is 11.9. The minimum atomic E-state index is -0.470. The lowest BCUT2D eigenvalue weighted by Crippen LogP contribution is -2.30. The summed E-state index contributed by atoms with van der Waals surface area (Å²) in [6, 6.07) is 8.15. The highest BCUT2D eigenvalue weighted by molar-refractivity contribution is 5.91. The Morgan fingerprint density at radius 2 is 1.95 bits per heavy atom. The van der Waals surface area contributed by atoms with Crippen molar-refractivity contribution in [3.63, 3.8) is 0 Å². The van der Waals surface area contributed by atoms with Crippen molar-refractivity contribution >= 4 is 12.0 Å². The van der Waals surface area contributed by atoms with E-state index in [1.54, 1.807) is 6.08 Å². The number of benzene rings is 1. The summed E-state index contributed by atoms with van der Waals surface area (Å²) in [6.07, 6.45) is 3.44. The number of hydrogen-bond acceptors (Lipinski definition) is 2. The van der Waals surface area contributed by atoms with Crippen LogP contribution in [0.1, 0.15) is 44.2 Å². The van der Waals surface area contributed by atoms with Crippen molar-refractivity contribution in [1.29, 1.82) is 0 Å². The summed E-state index contributed by atoms with van der Waals surface area (Å²) < 4.78 is 0. The lowest BCUT2D eigenvalue weighted by molar-refractivity contribution is -0.116. The average molecular weight is 261 g/mol. The van der Waals surface area contributed by atoms with Gasteiger partial charge in [-0.05, 0) is 29.5 Å². The molecule has 0 aliphatic rings. The number of aliphatic hydroxyl groups is 1. The van der Waals surface area contributed by atoms with E-state index in [-0.39, 0.29) is 5.91 Å². The van der Waals surface area contributed by atoms with Gasteiger partial charge >= 0.3 is 0 Å². The fourth-order valence-electron chi connectivity index (χ4n) is 1.59. The molecule has 0 aliphatic heterocycles. The number of amides is 1. The third-order valence-corrected chi connectivity index (χ3v) is 3.01. The van der Waals surface area contributed by atoms with Gasteiger partial charge in [0, 0.05) is 12.6 Å². The Bertz CT molecular complexity index is 421. The molecule has 1 aromatic carbocycles. The largest absolute Gasteiger partial charge is 0.391 e. The van der Waals surface area contributed by atoms with E-state index in [1.165, 1.54) is 11.6 Å². The quantitative estimate of drug-likeness (QED) is 0.774. The van der Waals surface area contributed by atoms with Crippen LogP contribution in [-0.4, -0.2) is 23.7 Å². The third-order valence-electron chi connectivity index (χ3n) is 3.01. The predicted octanol–water partition coefficient (Wildman–Crippen LogP) is 2.71. The molecule has 0 aromatic heterocycles. The number of hydrogen-bond donors (Lipinski definition) is 2. The Balaban J connectivity index is 2.49. The zero-order chi connectivity index (χ0) is 14.3. The molecule has 0 saturated heterocycles. The van der Waals surface area contributed by atoms with Gasteiger partial charge in [0.1, 0.15) is 0 Å². The first-order chi connectivity index (χ1) is 9.02. The maximum Gasteiger partial charge on any atom is 0.244 e. The highest BCUT2D eigenvalue weighted by Crippen LogP contribution is 2.15. The van der Waals surface area contributed by atoms with Crippen LogP contribution < -0.4 is 5.32 Å². The van der Waals surface area contributed by atoms with E-state index in [0.717, 1.165) is 5.56 Å². The minimum absolute atomic E-state index is 0.180.